The molecule has 23 heavy (non-hydrogen) atoms. The molecule has 0 unspecified atom stereocenters. The topological polar surface area (TPSA) is 52.7 Å². The number of Topliss-reactive ketones (excluding diaryl/α,β-unsaturated/α-hetero) is 1. The molecule has 3 aromatic rings. The van der Waals surface area contributed by atoms with Crippen LogP contribution in [0.25, 0.3) is 5.69 Å². The van der Waals surface area contributed by atoms with Gasteiger partial charge in [0, 0.05) is 30.9 Å². The van der Waals surface area contributed by atoms with E-state index in [1.165, 1.54) is 19.1 Å². The predicted molar refractivity (Wildman–Crippen MR) is 84.3 cm³/mol. The summed E-state index contributed by atoms with van der Waals surface area (Å²) in [5, 5.41) is 8.64. The fourth-order valence-corrected chi connectivity index (χ4v) is 2.62. The highest BCUT2D eigenvalue weighted by Crippen LogP contribution is 2.21. The Hall–Kier alpha value is -2.76. The molecule has 0 amide bonds. The molecular weight excluding hydrogens is 295 g/mol. The van der Waals surface area contributed by atoms with Crippen LogP contribution in [0.1, 0.15) is 34.4 Å². The normalized spacial score (nSPS) is 11.0. The predicted octanol–water partition coefficient (Wildman–Crippen LogP) is 2.85. The fraction of sp³-hybridized carbons (Fsp3) is 0.235. The van der Waals surface area contributed by atoms with Gasteiger partial charge in [0.1, 0.15) is 5.82 Å². The summed E-state index contributed by atoms with van der Waals surface area (Å²) in [5.41, 5.74) is 3.68. The molecule has 0 atom stereocenters. The van der Waals surface area contributed by atoms with Gasteiger partial charge in [0.15, 0.2) is 5.78 Å². The summed E-state index contributed by atoms with van der Waals surface area (Å²) in [6.45, 7) is 3.32. The number of aromatic nitrogens is 4. The summed E-state index contributed by atoms with van der Waals surface area (Å²) in [4.78, 5) is 11.9. The number of carbonyl (C=O) groups is 1. The molecule has 0 spiro atoms. The largest absolute Gasteiger partial charge is 0.294 e. The van der Waals surface area contributed by atoms with E-state index in [1.807, 2.05) is 26.1 Å². The van der Waals surface area contributed by atoms with Crippen molar-refractivity contribution < 1.29 is 9.18 Å². The number of benzene rings is 1. The molecule has 2 aromatic heterocycles. The van der Waals surface area contributed by atoms with E-state index in [0.29, 0.717) is 17.7 Å². The van der Waals surface area contributed by atoms with Gasteiger partial charge in [0.2, 0.25) is 0 Å². The first-order chi connectivity index (χ1) is 11.0. The molecule has 118 valence electrons. The standard InChI is InChI=1S/C17H17FN4O/c1-11-8-15(10-14-6-7-19-21(14)3)22(20-11)17-5-4-13(18)9-16(17)12(2)23/h4-9H,10H2,1-3H3. The third-order valence-electron chi connectivity index (χ3n) is 3.76. The van der Waals surface area contributed by atoms with E-state index < -0.39 is 5.82 Å². The summed E-state index contributed by atoms with van der Waals surface area (Å²) in [6.07, 6.45) is 2.36. The molecule has 0 saturated heterocycles. The Bertz CT molecular complexity index is 879. The van der Waals surface area contributed by atoms with Gasteiger partial charge in [0.05, 0.1) is 17.1 Å². The molecule has 0 radical (unpaired) electrons. The molecule has 0 bridgehead atoms. The highest BCUT2D eigenvalue weighted by Gasteiger charge is 2.16. The SMILES string of the molecule is CC(=O)c1cc(F)ccc1-n1nc(C)cc1Cc1ccnn1C. The summed E-state index contributed by atoms with van der Waals surface area (Å²) in [7, 11) is 1.88. The van der Waals surface area contributed by atoms with Crippen LogP contribution in [-0.2, 0) is 13.5 Å². The lowest BCUT2D eigenvalue weighted by molar-refractivity contribution is 0.101. The van der Waals surface area contributed by atoms with Gasteiger partial charge in [-0.1, -0.05) is 0 Å². The van der Waals surface area contributed by atoms with Gasteiger partial charge in [0.25, 0.3) is 0 Å². The monoisotopic (exact) mass is 312 g/mol. The molecule has 0 aliphatic rings. The zero-order valence-corrected chi connectivity index (χ0v) is 13.2. The number of halogens is 1. The van der Waals surface area contributed by atoms with Crippen LogP contribution >= 0.6 is 0 Å². The second-order valence-electron chi connectivity index (χ2n) is 5.53. The number of rotatable bonds is 4. The van der Waals surface area contributed by atoms with Gasteiger partial charge in [-0.3, -0.25) is 9.48 Å². The number of nitrogens with zero attached hydrogens (tertiary/aromatic N) is 4. The lowest BCUT2D eigenvalue weighted by Crippen LogP contribution is -2.10. The Balaban J connectivity index is 2.11. The molecule has 3 rings (SSSR count). The van der Waals surface area contributed by atoms with E-state index in [2.05, 4.69) is 10.2 Å². The van der Waals surface area contributed by atoms with Crippen LogP contribution in [0.5, 0.6) is 0 Å². The highest BCUT2D eigenvalue weighted by molar-refractivity contribution is 5.97. The maximum atomic E-state index is 13.5. The Morgan fingerprint density at radius 2 is 2.00 bits per heavy atom. The van der Waals surface area contributed by atoms with Crippen molar-refractivity contribution in [2.75, 3.05) is 0 Å². The lowest BCUT2D eigenvalue weighted by atomic mass is 10.1. The molecule has 0 fully saturated rings. The highest BCUT2D eigenvalue weighted by atomic mass is 19.1. The van der Waals surface area contributed by atoms with E-state index in [9.17, 15) is 9.18 Å². The Morgan fingerprint density at radius 1 is 1.22 bits per heavy atom. The molecule has 0 aliphatic carbocycles. The van der Waals surface area contributed by atoms with Crippen molar-refractivity contribution in [2.45, 2.75) is 20.3 Å². The molecule has 5 nitrogen and oxygen atoms in total. The zero-order chi connectivity index (χ0) is 16.6. The minimum atomic E-state index is -0.434. The van der Waals surface area contributed by atoms with Crippen molar-refractivity contribution >= 4 is 5.78 Å². The van der Waals surface area contributed by atoms with Crippen molar-refractivity contribution in [1.29, 1.82) is 0 Å². The van der Waals surface area contributed by atoms with Gasteiger partial charge >= 0.3 is 0 Å². The molecule has 0 aliphatic heterocycles. The molecular formula is C17H17FN4O. The van der Waals surface area contributed by atoms with E-state index in [0.717, 1.165) is 17.1 Å². The van der Waals surface area contributed by atoms with Crippen LogP contribution in [0.15, 0.2) is 36.5 Å². The number of hydrogen-bond donors (Lipinski definition) is 0. The van der Waals surface area contributed by atoms with E-state index in [-0.39, 0.29) is 5.78 Å². The Morgan fingerprint density at radius 3 is 2.65 bits per heavy atom. The second kappa shape index (κ2) is 5.79. The quantitative estimate of drug-likeness (QED) is 0.696. The van der Waals surface area contributed by atoms with Gasteiger partial charge in [-0.25, -0.2) is 9.07 Å². The number of ketones is 1. The van der Waals surface area contributed by atoms with Crippen molar-refractivity contribution in [3.8, 4) is 5.69 Å². The first-order valence-electron chi connectivity index (χ1n) is 7.29. The van der Waals surface area contributed by atoms with Gasteiger partial charge < -0.3 is 0 Å². The van der Waals surface area contributed by atoms with Crippen molar-refractivity contribution in [3.05, 3.63) is 65.0 Å². The molecule has 2 heterocycles. The smallest absolute Gasteiger partial charge is 0.162 e. The third-order valence-corrected chi connectivity index (χ3v) is 3.76. The van der Waals surface area contributed by atoms with E-state index >= 15 is 0 Å². The van der Waals surface area contributed by atoms with Crippen molar-refractivity contribution in [1.82, 2.24) is 19.6 Å². The van der Waals surface area contributed by atoms with Gasteiger partial charge in [-0.15, -0.1) is 0 Å². The second-order valence-corrected chi connectivity index (χ2v) is 5.53. The molecule has 0 N–H and O–H groups in total. The Labute approximate surface area is 133 Å². The van der Waals surface area contributed by atoms with Gasteiger partial charge in [-0.05, 0) is 44.2 Å². The molecule has 1 aromatic carbocycles. The van der Waals surface area contributed by atoms with E-state index in [1.54, 1.807) is 21.6 Å². The van der Waals surface area contributed by atoms with Crippen LogP contribution in [0.2, 0.25) is 0 Å². The minimum absolute atomic E-state index is 0.195. The van der Waals surface area contributed by atoms with Crippen LogP contribution in [0.3, 0.4) is 0 Å². The Kier molecular flexibility index (Phi) is 3.82. The van der Waals surface area contributed by atoms with Crippen molar-refractivity contribution in [2.24, 2.45) is 7.05 Å². The fourth-order valence-electron chi connectivity index (χ4n) is 2.62. The first-order valence-corrected chi connectivity index (χ1v) is 7.29. The lowest BCUT2D eigenvalue weighted by Gasteiger charge is -2.11. The summed E-state index contributed by atoms with van der Waals surface area (Å²) >= 11 is 0. The number of carbonyl (C=O) groups excluding carboxylic acids is 1. The van der Waals surface area contributed by atoms with Gasteiger partial charge in [-0.2, -0.15) is 10.2 Å². The minimum Gasteiger partial charge on any atom is -0.294 e. The summed E-state index contributed by atoms with van der Waals surface area (Å²) < 4.78 is 17.0. The molecule has 0 saturated carbocycles. The zero-order valence-electron chi connectivity index (χ0n) is 13.2. The number of aryl methyl sites for hydroxylation is 2. The first kappa shape index (κ1) is 15.1. The number of hydrogen-bond acceptors (Lipinski definition) is 3. The van der Waals surface area contributed by atoms with Crippen LogP contribution in [-0.4, -0.2) is 25.3 Å². The maximum Gasteiger partial charge on any atom is 0.162 e. The molecule has 6 heteroatoms. The van der Waals surface area contributed by atoms with Crippen LogP contribution in [0.4, 0.5) is 4.39 Å². The van der Waals surface area contributed by atoms with Crippen molar-refractivity contribution in [3.63, 3.8) is 0 Å². The van der Waals surface area contributed by atoms with E-state index in [4.69, 9.17) is 0 Å². The summed E-state index contributed by atoms with van der Waals surface area (Å²) in [6, 6.07) is 8.07. The third kappa shape index (κ3) is 2.92. The van der Waals surface area contributed by atoms with Crippen LogP contribution < -0.4 is 0 Å². The summed E-state index contributed by atoms with van der Waals surface area (Å²) in [5.74, 6) is -0.629. The maximum absolute atomic E-state index is 13.5. The average Bonchev–Trinajstić information content (AvgIpc) is 3.05. The average molecular weight is 312 g/mol. The van der Waals surface area contributed by atoms with Crippen LogP contribution in [0, 0.1) is 12.7 Å².